The van der Waals surface area contributed by atoms with Crippen molar-refractivity contribution >= 4 is 18.3 Å². The topological polar surface area (TPSA) is 32.3 Å². The zero-order chi connectivity index (χ0) is 14.9. The SMILES string of the molecule is Cc1ccc(F)c(C(=O)N2CCC3(CCNCC3)CC2)c1.Cl. The number of halogens is 2. The molecule has 3 nitrogen and oxygen atoms in total. The molecule has 1 aromatic carbocycles. The molecule has 0 saturated carbocycles. The highest BCUT2D eigenvalue weighted by Crippen LogP contribution is 2.39. The monoisotopic (exact) mass is 326 g/mol. The van der Waals surface area contributed by atoms with Gasteiger partial charge in [0.1, 0.15) is 5.82 Å². The van der Waals surface area contributed by atoms with Crippen LogP contribution in [0, 0.1) is 18.2 Å². The number of carbonyl (C=O) groups excluding carboxylic acids is 1. The van der Waals surface area contributed by atoms with Gasteiger partial charge < -0.3 is 10.2 Å². The van der Waals surface area contributed by atoms with E-state index < -0.39 is 5.82 Å². The van der Waals surface area contributed by atoms with Crippen LogP contribution >= 0.6 is 12.4 Å². The Bertz CT molecular complexity index is 533. The van der Waals surface area contributed by atoms with Gasteiger partial charge in [-0.05, 0) is 63.2 Å². The minimum Gasteiger partial charge on any atom is -0.339 e. The summed E-state index contributed by atoms with van der Waals surface area (Å²) < 4.78 is 13.9. The van der Waals surface area contributed by atoms with E-state index in [0.29, 0.717) is 5.41 Å². The number of piperidine rings is 2. The van der Waals surface area contributed by atoms with Gasteiger partial charge >= 0.3 is 0 Å². The fourth-order valence-corrected chi connectivity index (χ4v) is 3.61. The Labute approximate surface area is 137 Å². The summed E-state index contributed by atoms with van der Waals surface area (Å²) in [6, 6.07) is 4.75. The first-order chi connectivity index (χ1) is 10.1. The predicted molar refractivity (Wildman–Crippen MR) is 88.1 cm³/mol. The highest BCUT2D eigenvalue weighted by molar-refractivity contribution is 5.94. The molecular formula is C17H24ClFN2O. The summed E-state index contributed by atoms with van der Waals surface area (Å²) in [5.74, 6) is -0.562. The molecule has 0 bridgehead atoms. The van der Waals surface area contributed by atoms with E-state index in [4.69, 9.17) is 0 Å². The lowest BCUT2D eigenvalue weighted by atomic mass is 9.71. The van der Waals surface area contributed by atoms with Crippen LogP contribution in [-0.4, -0.2) is 37.0 Å². The first kappa shape index (κ1) is 17.2. The van der Waals surface area contributed by atoms with Crippen LogP contribution in [0.2, 0.25) is 0 Å². The van der Waals surface area contributed by atoms with Crippen LogP contribution in [0.4, 0.5) is 4.39 Å². The zero-order valence-corrected chi connectivity index (χ0v) is 13.8. The van der Waals surface area contributed by atoms with Crippen molar-refractivity contribution in [3.8, 4) is 0 Å². The molecule has 1 spiro atoms. The van der Waals surface area contributed by atoms with E-state index in [1.54, 1.807) is 12.1 Å². The third kappa shape index (κ3) is 3.44. The number of hydrogen-bond donors (Lipinski definition) is 1. The fraction of sp³-hybridized carbons (Fsp3) is 0.588. The molecule has 3 rings (SSSR count). The average molecular weight is 327 g/mol. The van der Waals surface area contributed by atoms with Gasteiger partial charge in [0.2, 0.25) is 0 Å². The summed E-state index contributed by atoms with van der Waals surface area (Å²) in [5.41, 5.74) is 1.55. The van der Waals surface area contributed by atoms with Crippen LogP contribution in [0.25, 0.3) is 0 Å². The number of aryl methyl sites for hydroxylation is 1. The second-order valence-electron chi connectivity index (χ2n) is 6.53. The maximum atomic E-state index is 13.9. The summed E-state index contributed by atoms with van der Waals surface area (Å²) in [6.07, 6.45) is 4.50. The minimum absolute atomic E-state index is 0. The van der Waals surface area contributed by atoms with Crippen molar-refractivity contribution in [1.29, 1.82) is 0 Å². The smallest absolute Gasteiger partial charge is 0.256 e. The zero-order valence-electron chi connectivity index (χ0n) is 13.0. The van der Waals surface area contributed by atoms with Gasteiger partial charge in [0.15, 0.2) is 0 Å². The van der Waals surface area contributed by atoms with Crippen LogP contribution in [0.15, 0.2) is 18.2 Å². The van der Waals surface area contributed by atoms with Crippen molar-refractivity contribution in [2.45, 2.75) is 32.6 Å². The quantitative estimate of drug-likeness (QED) is 0.859. The van der Waals surface area contributed by atoms with Crippen LogP contribution in [0.1, 0.15) is 41.6 Å². The second-order valence-corrected chi connectivity index (χ2v) is 6.53. The van der Waals surface area contributed by atoms with E-state index in [9.17, 15) is 9.18 Å². The Morgan fingerprint density at radius 3 is 2.45 bits per heavy atom. The Morgan fingerprint density at radius 2 is 1.82 bits per heavy atom. The van der Waals surface area contributed by atoms with Gasteiger partial charge in [-0.15, -0.1) is 12.4 Å². The van der Waals surface area contributed by atoms with E-state index in [1.165, 1.54) is 18.9 Å². The number of benzene rings is 1. The van der Waals surface area contributed by atoms with Crippen molar-refractivity contribution in [3.63, 3.8) is 0 Å². The summed E-state index contributed by atoms with van der Waals surface area (Å²) in [5, 5.41) is 3.40. The summed E-state index contributed by atoms with van der Waals surface area (Å²) >= 11 is 0. The molecule has 2 heterocycles. The number of nitrogens with one attached hydrogen (secondary N) is 1. The Hall–Kier alpha value is -1.13. The van der Waals surface area contributed by atoms with Gasteiger partial charge in [0.25, 0.3) is 5.91 Å². The average Bonchev–Trinajstić information content (AvgIpc) is 2.51. The maximum absolute atomic E-state index is 13.9. The van der Waals surface area contributed by atoms with E-state index >= 15 is 0 Å². The van der Waals surface area contributed by atoms with E-state index in [0.717, 1.165) is 44.6 Å². The van der Waals surface area contributed by atoms with Gasteiger partial charge in [0.05, 0.1) is 5.56 Å². The van der Waals surface area contributed by atoms with Crippen molar-refractivity contribution in [2.75, 3.05) is 26.2 Å². The van der Waals surface area contributed by atoms with E-state index in [-0.39, 0.29) is 23.9 Å². The van der Waals surface area contributed by atoms with Crippen LogP contribution < -0.4 is 5.32 Å². The molecule has 22 heavy (non-hydrogen) atoms. The molecule has 5 heteroatoms. The number of carbonyl (C=O) groups is 1. The fourth-order valence-electron chi connectivity index (χ4n) is 3.61. The summed E-state index contributed by atoms with van der Waals surface area (Å²) in [7, 11) is 0. The largest absolute Gasteiger partial charge is 0.339 e. The van der Waals surface area contributed by atoms with Gasteiger partial charge in [0, 0.05) is 13.1 Å². The maximum Gasteiger partial charge on any atom is 0.256 e. The third-order valence-electron chi connectivity index (χ3n) is 5.13. The van der Waals surface area contributed by atoms with E-state index in [2.05, 4.69) is 5.32 Å². The molecule has 0 radical (unpaired) electrons. The summed E-state index contributed by atoms with van der Waals surface area (Å²) in [4.78, 5) is 14.3. The standard InChI is InChI=1S/C17H23FN2O.ClH/c1-13-2-3-15(18)14(12-13)16(21)20-10-6-17(7-11-20)4-8-19-9-5-17;/h2-3,12,19H,4-11H2,1H3;1H. The molecule has 0 atom stereocenters. The molecule has 0 aromatic heterocycles. The van der Waals surface area contributed by atoms with Crippen LogP contribution in [-0.2, 0) is 0 Å². The highest BCUT2D eigenvalue weighted by atomic mass is 35.5. The Kier molecular flexibility index (Phi) is 5.45. The molecule has 1 aromatic rings. The van der Waals surface area contributed by atoms with Crippen LogP contribution in [0.3, 0.4) is 0 Å². The number of likely N-dealkylation sites (tertiary alicyclic amines) is 1. The van der Waals surface area contributed by atoms with Gasteiger partial charge in [-0.2, -0.15) is 0 Å². The lowest BCUT2D eigenvalue weighted by Gasteiger charge is -2.44. The Morgan fingerprint density at radius 1 is 1.18 bits per heavy atom. The lowest BCUT2D eigenvalue weighted by molar-refractivity contribution is 0.0492. The highest BCUT2D eigenvalue weighted by Gasteiger charge is 2.37. The Balaban J connectivity index is 0.00000176. The molecular weight excluding hydrogens is 303 g/mol. The summed E-state index contributed by atoms with van der Waals surface area (Å²) in [6.45, 7) is 5.57. The minimum atomic E-state index is -0.409. The molecule has 122 valence electrons. The van der Waals surface area contributed by atoms with E-state index in [1.807, 2.05) is 11.8 Å². The number of amides is 1. The van der Waals surface area contributed by atoms with Crippen molar-refractivity contribution in [3.05, 3.63) is 35.1 Å². The van der Waals surface area contributed by atoms with Crippen LogP contribution in [0.5, 0.6) is 0 Å². The molecule has 1 N–H and O–H groups in total. The molecule has 1 amide bonds. The first-order valence-corrected chi connectivity index (χ1v) is 7.86. The number of rotatable bonds is 1. The number of nitrogens with zero attached hydrogens (tertiary/aromatic N) is 1. The molecule has 2 aliphatic rings. The molecule has 2 aliphatic heterocycles. The molecule has 2 fully saturated rings. The molecule has 0 unspecified atom stereocenters. The second kappa shape index (κ2) is 6.97. The number of hydrogen-bond acceptors (Lipinski definition) is 2. The first-order valence-electron chi connectivity index (χ1n) is 7.86. The predicted octanol–water partition coefficient (Wildman–Crippen LogP) is 3.16. The molecule has 2 saturated heterocycles. The van der Waals surface area contributed by atoms with Crippen molar-refractivity contribution in [1.82, 2.24) is 10.2 Å². The third-order valence-corrected chi connectivity index (χ3v) is 5.13. The van der Waals surface area contributed by atoms with Crippen molar-refractivity contribution < 1.29 is 9.18 Å². The van der Waals surface area contributed by atoms with Gasteiger partial charge in [-0.1, -0.05) is 11.6 Å². The van der Waals surface area contributed by atoms with Crippen molar-refractivity contribution in [2.24, 2.45) is 5.41 Å². The van der Waals surface area contributed by atoms with Gasteiger partial charge in [-0.25, -0.2) is 4.39 Å². The lowest BCUT2D eigenvalue weighted by Crippen LogP contribution is -2.47. The van der Waals surface area contributed by atoms with Gasteiger partial charge in [-0.3, -0.25) is 4.79 Å². The normalized spacial score (nSPS) is 20.5. The molecule has 0 aliphatic carbocycles.